The van der Waals surface area contributed by atoms with Gasteiger partial charge in [0.1, 0.15) is 11.6 Å². The molecule has 1 N–H and O–H groups in total. The monoisotopic (exact) mass is 405 g/mol. The third-order valence-electron chi connectivity index (χ3n) is 5.04. The first kappa shape index (κ1) is 20.6. The largest absolute Gasteiger partial charge is 0.495 e. The van der Waals surface area contributed by atoms with Crippen molar-refractivity contribution < 1.29 is 9.53 Å². The molecule has 0 aliphatic carbocycles. The highest BCUT2D eigenvalue weighted by atomic mass is 35.5. The van der Waals surface area contributed by atoms with Gasteiger partial charge < -0.3 is 14.6 Å². The molecule has 28 heavy (non-hydrogen) atoms. The topological polar surface area (TPSA) is 62.6 Å². The van der Waals surface area contributed by atoms with Gasteiger partial charge in [0.2, 0.25) is 5.91 Å². The molecule has 1 aromatic carbocycles. The maximum atomic E-state index is 12.4. The van der Waals surface area contributed by atoms with Crippen LogP contribution in [0.1, 0.15) is 12.7 Å². The number of rotatable bonds is 8. The van der Waals surface area contributed by atoms with Crippen LogP contribution < -0.4 is 10.1 Å². The van der Waals surface area contributed by atoms with E-state index in [2.05, 4.69) is 31.6 Å². The number of aromatic nitrogens is 2. The van der Waals surface area contributed by atoms with Gasteiger partial charge in [0, 0.05) is 63.1 Å². The Bertz CT molecular complexity index is 787. The van der Waals surface area contributed by atoms with Gasteiger partial charge in [-0.1, -0.05) is 18.5 Å². The van der Waals surface area contributed by atoms with Crippen molar-refractivity contribution in [3.8, 4) is 5.75 Å². The summed E-state index contributed by atoms with van der Waals surface area (Å²) in [6.45, 7) is 8.14. The van der Waals surface area contributed by atoms with Gasteiger partial charge in [0.15, 0.2) is 0 Å². The molecule has 1 aliphatic heterocycles. The van der Waals surface area contributed by atoms with E-state index in [1.807, 2.05) is 12.4 Å². The van der Waals surface area contributed by atoms with E-state index in [1.54, 1.807) is 25.3 Å². The average Bonchev–Trinajstić information content (AvgIpc) is 3.15. The third-order valence-corrected chi connectivity index (χ3v) is 5.28. The summed E-state index contributed by atoms with van der Waals surface area (Å²) in [5.41, 5.74) is 0.602. The summed E-state index contributed by atoms with van der Waals surface area (Å²) in [5, 5.41) is 3.47. The normalized spacial score (nSPS) is 15.5. The lowest BCUT2D eigenvalue weighted by atomic mass is 10.2. The Labute approximate surface area is 171 Å². The standard InChI is InChI=1S/C20H28ClN5O2/c1-3-19-22-6-7-26(19)13-12-24-8-10-25(11-9-24)15-20(27)23-17-14-16(21)4-5-18(17)28-2/h4-7,14H,3,8-13,15H2,1-2H3,(H,23,27). The molecule has 8 heteroatoms. The molecule has 2 aromatic rings. The second-order valence-electron chi connectivity index (χ2n) is 6.90. The minimum Gasteiger partial charge on any atom is -0.495 e. The van der Waals surface area contributed by atoms with Crippen LogP contribution in [0, 0.1) is 0 Å². The van der Waals surface area contributed by atoms with E-state index in [0.717, 1.165) is 51.5 Å². The fraction of sp³-hybridized carbons (Fsp3) is 0.500. The Balaban J connectivity index is 1.43. The number of imidazole rings is 1. The predicted octanol–water partition coefficient (Wildman–Crippen LogP) is 2.36. The fourth-order valence-electron chi connectivity index (χ4n) is 3.45. The Kier molecular flexibility index (Phi) is 7.30. The zero-order valence-electron chi connectivity index (χ0n) is 16.5. The summed E-state index contributed by atoms with van der Waals surface area (Å²) in [4.78, 5) is 21.4. The van der Waals surface area contributed by atoms with Gasteiger partial charge in [-0.25, -0.2) is 4.98 Å². The lowest BCUT2D eigenvalue weighted by Gasteiger charge is -2.34. The molecule has 0 radical (unpaired) electrons. The van der Waals surface area contributed by atoms with Crippen LogP contribution in [0.25, 0.3) is 0 Å². The fourth-order valence-corrected chi connectivity index (χ4v) is 3.62. The summed E-state index contributed by atoms with van der Waals surface area (Å²) >= 11 is 6.02. The number of ether oxygens (including phenoxy) is 1. The predicted molar refractivity (Wildman–Crippen MR) is 111 cm³/mol. The molecule has 0 unspecified atom stereocenters. The van der Waals surface area contributed by atoms with Gasteiger partial charge in [-0.2, -0.15) is 0 Å². The first-order chi connectivity index (χ1) is 13.6. The minimum atomic E-state index is -0.0555. The van der Waals surface area contributed by atoms with Crippen LogP contribution >= 0.6 is 11.6 Å². The number of nitrogens with one attached hydrogen (secondary N) is 1. The van der Waals surface area contributed by atoms with Crippen molar-refractivity contribution in [1.82, 2.24) is 19.4 Å². The molecule has 0 atom stereocenters. The van der Waals surface area contributed by atoms with Gasteiger partial charge in [0.25, 0.3) is 0 Å². The molecule has 1 aromatic heterocycles. The molecule has 0 bridgehead atoms. The van der Waals surface area contributed by atoms with Gasteiger partial charge >= 0.3 is 0 Å². The molecule has 2 heterocycles. The van der Waals surface area contributed by atoms with Crippen LogP contribution in [0.3, 0.4) is 0 Å². The van der Waals surface area contributed by atoms with Gasteiger partial charge in [0.05, 0.1) is 19.3 Å². The van der Waals surface area contributed by atoms with E-state index in [1.165, 1.54) is 0 Å². The van der Waals surface area contributed by atoms with E-state index in [0.29, 0.717) is 23.0 Å². The summed E-state index contributed by atoms with van der Waals surface area (Å²) in [6, 6.07) is 5.19. The van der Waals surface area contributed by atoms with Crippen molar-refractivity contribution in [2.45, 2.75) is 19.9 Å². The first-order valence-electron chi connectivity index (χ1n) is 9.67. The SMILES string of the molecule is CCc1nccn1CCN1CCN(CC(=O)Nc2cc(Cl)ccc2OC)CC1. The second kappa shape index (κ2) is 9.91. The lowest BCUT2D eigenvalue weighted by molar-refractivity contribution is -0.117. The number of carbonyl (C=O) groups is 1. The second-order valence-corrected chi connectivity index (χ2v) is 7.34. The van der Waals surface area contributed by atoms with Crippen molar-refractivity contribution in [2.24, 2.45) is 0 Å². The quantitative estimate of drug-likeness (QED) is 0.730. The average molecular weight is 406 g/mol. The molecule has 0 spiro atoms. The van der Waals surface area contributed by atoms with Crippen LogP contribution in [0.15, 0.2) is 30.6 Å². The Hall–Kier alpha value is -2.09. The highest BCUT2D eigenvalue weighted by Gasteiger charge is 2.19. The van der Waals surface area contributed by atoms with Gasteiger partial charge in [-0.05, 0) is 18.2 Å². The molecule has 152 valence electrons. The summed E-state index contributed by atoms with van der Waals surface area (Å²) < 4.78 is 7.50. The molecule has 1 saturated heterocycles. The molecular weight excluding hydrogens is 378 g/mol. The number of carbonyl (C=O) groups excluding carboxylic acids is 1. The lowest BCUT2D eigenvalue weighted by Crippen LogP contribution is -2.49. The molecule has 1 amide bonds. The van der Waals surface area contributed by atoms with Crippen molar-refractivity contribution in [2.75, 3.05) is 51.7 Å². The van der Waals surface area contributed by atoms with Crippen molar-refractivity contribution in [3.05, 3.63) is 41.4 Å². The number of halogens is 1. The zero-order chi connectivity index (χ0) is 19.9. The third kappa shape index (κ3) is 5.47. The first-order valence-corrected chi connectivity index (χ1v) is 10.0. The maximum absolute atomic E-state index is 12.4. The van der Waals surface area contributed by atoms with E-state index >= 15 is 0 Å². The van der Waals surface area contributed by atoms with Crippen LogP contribution in [-0.4, -0.2) is 71.6 Å². The number of piperazine rings is 1. The molecule has 0 saturated carbocycles. The maximum Gasteiger partial charge on any atom is 0.238 e. The Morgan fingerprint density at radius 1 is 1.21 bits per heavy atom. The van der Waals surface area contributed by atoms with Crippen LogP contribution in [0.5, 0.6) is 5.75 Å². The molecular formula is C20H28ClN5O2. The van der Waals surface area contributed by atoms with E-state index < -0.39 is 0 Å². The van der Waals surface area contributed by atoms with E-state index in [9.17, 15) is 4.79 Å². The van der Waals surface area contributed by atoms with Gasteiger partial charge in [-0.3, -0.25) is 14.6 Å². The minimum absolute atomic E-state index is 0.0555. The summed E-state index contributed by atoms with van der Waals surface area (Å²) in [5.74, 6) is 1.68. The molecule has 7 nitrogen and oxygen atoms in total. The molecule has 1 aliphatic rings. The number of anilines is 1. The molecule has 3 rings (SSSR count). The molecule has 1 fully saturated rings. The van der Waals surface area contributed by atoms with Crippen molar-refractivity contribution in [3.63, 3.8) is 0 Å². The smallest absolute Gasteiger partial charge is 0.238 e. The van der Waals surface area contributed by atoms with Crippen LogP contribution in [0.4, 0.5) is 5.69 Å². The summed E-state index contributed by atoms with van der Waals surface area (Å²) in [6.07, 6.45) is 4.86. The highest BCUT2D eigenvalue weighted by Crippen LogP contribution is 2.27. The zero-order valence-corrected chi connectivity index (χ0v) is 17.3. The Morgan fingerprint density at radius 2 is 1.96 bits per heavy atom. The number of hydrogen-bond acceptors (Lipinski definition) is 5. The van der Waals surface area contributed by atoms with Crippen LogP contribution in [0.2, 0.25) is 5.02 Å². The number of hydrogen-bond donors (Lipinski definition) is 1. The number of methoxy groups -OCH3 is 1. The van der Waals surface area contributed by atoms with Gasteiger partial charge in [-0.15, -0.1) is 0 Å². The Morgan fingerprint density at radius 3 is 2.68 bits per heavy atom. The number of benzene rings is 1. The number of aryl methyl sites for hydroxylation is 1. The number of amides is 1. The van der Waals surface area contributed by atoms with E-state index in [-0.39, 0.29) is 5.91 Å². The highest BCUT2D eigenvalue weighted by molar-refractivity contribution is 6.31. The van der Waals surface area contributed by atoms with Crippen molar-refractivity contribution in [1.29, 1.82) is 0 Å². The summed E-state index contributed by atoms with van der Waals surface area (Å²) in [7, 11) is 1.57. The van der Waals surface area contributed by atoms with Crippen LogP contribution in [-0.2, 0) is 17.8 Å². The van der Waals surface area contributed by atoms with E-state index in [4.69, 9.17) is 16.3 Å². The van der Waals surface area contributed by atoms with Crippen molar-refractivity contribution >= 4 is 23.2 Å². The number of nitrogens with zero attached hydrogens (tertiary/aromatic N) is 4.